The third-order valence-electron chi connectivity index (χ3n) is 4.79. The van der Waals surface area contributed by atoms with Gasteiger partial charge in [0.2, 0.25) is 5.91 Å². The van der Waals surface area contributed by atoms with Gasteiger partial charge in [0.25, 0.3) is 0 Å². The molecule has 2 atom stereocenters. The van der Waals surface area contributed by atoms with Crippen molar-refractivity contribution in [3.8, 4) is 0 Å². The molecule has 0 bridgehead atoms. The van der Waals surface area contributed by atoms with Crippen LogP contribution in [0.2, 0.25) is 0 Å². The van der Waals surface area contributed by atoms with Crippen LogP contribution in [0, 0.1) is 5.92 Å². The van der Waals surface area contributed by atoms with E-state index in [9.17, 15) is 4.79 Å². The molecule has 2 saturated heterocycles. The van der Waals surface area contributed by atoms with Crippen LogP contribution in [0.15, 0.2) is 6.20 Å². The fourth-order valence-electron chi connectivity index (χ4n) is 3.63. The molecule has 1 amide bonds. The molecule has 1 aromatic rings. The number of carbonyl (C=O) groups excluding carboxylic acids is 1. The first kappa shape index (κ1) is 14.5. The van der Waals surface area contributed by atoms with E-state index in [-0.39, 0.29) is 12.5 Å². The number of piperidine rings is 2. The summed E-state index contributed by atoms with van der Waals surface area (Å²) in [7, 11) is 2.21. The van der Waals surface area contributed by atoms with E-state index in [0.717, 1.165) is 25.2 Å². The molecule has 0 spiro atoms. The lowest BCUT2D eigenvalue weighted by atomic mass is 9.84. The van der Waals surface area contributed by atoms with Gasteiger partial charge in [-0.2, -0.15) is 0 Å². The highest BCUT2D eigenvalue weighted by atomic mass is 16.2. The summed E-state index contributed by atoms with van der Waals surface area (Å²) in [5.74, 6) is 0.756. The fourth-order valence-corrected chi connectivity index (χ4v) is 3.63. The second kappa shape index (κ2) is 6.11. The topological polar surface area (TPSA) is 80.3 Å². The van der Waals surface area contributed by atoms with E-state index in [1.165, 1.54) is 19.4 Å². The summed E-state index contributed by atoms with van der Waals surface area (Å²) in [6.45, 7) is 3.54. The first-order valence-corrected chi connectivity index (χ1v) is 7.74. The lowest BCUT2D eigenvalue weighted by Gasteiger charge is -2.45. The molecule has 116 valence electrons. The number of nitrogens with zero attached hydrogens (tertiary/aromatic N) is 5. The van der Waals surface area contributed by atoms with Gasteiger partial charge in [-0.15, -0.1) is 5.10 Å². The van der Waals surface area contributed by atoms with Crippen LogP contribution < -0.4 is 5.73 Å². The van der Waals surface area contributed by atoms with Gasteiger partial charge in [0, 0.05) is 25.7 Å². The number of hydrogen-bond acceptors (Lipinski definition) is 5. The van der Waals surface area contributed by atoms with Gasteiger partial charge in [0.05, 0.1) is 11.9 Å². The van der Waals surface area contributed by atoms with Crippen LogP contribution >= 0.6 is 0 Å². The van der Waals surface area contributed by atoms with Crippen molar-refractivity contribution >= 4 is 5.91 Å². The van der Waals surface area contributed by atoms with Crippen molar-refractivity contribution in [3.05, 3.63) is 11.9 Å². The van der Waals surface area contributed by atoms with E-state index in [4.69, 9.17) is 5.73 Å². The molecule has 1 aromatic heterocycles. The minimum absolute atomic E-state index is 0.134. The molecule has 0 aliphatic carbocycles. The molecule has 2 aliphatic heterocycles. The highest BCUT2D eigenvalue weighted by Gasteiger charge is 2.35. The van der Waals surface area contributed by atoms with Crippen molar-refractivity contribution in [3.63, 3.8) is 0 Å². The summed E-state index contributed by atoms with van der Waals surface area (Å²) in [5, 5.41) is 7.87. The summed E-state index contributed by atoms with van der Waals surface area (Å²) >= 11 is 0. The summed E-state index contributed by atoms with van der Waals surface area (Å²) in [4.78, 5) is 16.9. The standard InChI is InChI=1S/C14H24N6O/c1-18-5-2-3-11-8-19(6-4-13(11)18)14(21)10-20-9-12(7-15)16-17-20/h9,11,13H,2-8,10,15H2,1H3. The van der Waals surface area contributed by atoms with Crippen LogP contribution in [0.25, 0.3) is 0 Å². The Labute approximate surface area is 125 Å². The van der Waals surface area contributed by atoms with Crippen molar-refractivity contribution in [2.75, 3.05) is 26.7 Å². The van der Waals surface area contributed by atoms with E-state index in [0.29, 0.717) is 18.5 Å². The average molecular weight is 292 g/mol. The number of aromatic nitrogens is 3. The first-order chi connectivity index (χ1) is 10.2. The van der Waals surface area contributed by atoms with E-state index in [1.807, 2.05) is 4.90 Å². The highest BCUT2D eigenvalue weighted by Crippen LogP contribution is 2.29. The fraction of sp³-hybridized carbons (Fsp3) is 0.786. The number of likely N-dealkylation sites (tertiary alicyclic amines) is 2. The molecule has 7 heteroatoms. The van der Waals surface area contributed by atoms with Crippen molar-refractivity contribution in [2.24, 2.45) is 11.7 Å². The van der Waals surface area contributed by atoms with Crippen LogP contribution in [-0.2, 0) is 17.9 Å². The molecular formula is C14H24N6O. The Morgan fingerprint density at radius 3 is 3.05 bits per heavy atom. The van der Waals surface area contributed by atoms with Gasteiger partial charge in [-0.1, -0.05) is 5.21 Å². The zero-order chi connectivity index (χ0) is 14.8. The van der Waals surface area contributed by atoms with Crippen LogP contribution in [0.1, 0.15) is 25.0 Å². The molecule has 2 fully saturated rings. The maximum atomic E-state index is 12.4. The number of hydrogen-bond donors (Lipinski definition) is 1. The van der Waals surface area contributed by atoms with Gasteiger partial charge in [0.1, 0.15) is 6.54 Å². The van der Waals surface area contributed by atoms with Gasteiger partial charge in [0.15, 0.2) is 0 Å². The van der Waals surface area contributed by atoms with Crippen LogP contribution in [-0.4, -0.2) is 63.4 Å². The lowest BCUT2D eigenvalue weighted by Crippen LogP contribution is -2.54. The summed E-state index contributed by atoms with van der Waals surface area (Å²) in [6, 6.07) is 0.651. The normalized spacial score (nSPS) is 26.7. The smallest absolute Gasteiger partial charge is 0.244 e. The maximum Gasteiger partial charge on any atom is 0.244 e. The molecule has 2 unspecified atom stereocenters. The Balaban J connectivity index is 1.58. The molecule has 3 heterocycles. The first-order valence-electron chi connectivity index (χ1n) is 7.74. The van der Waals surface area contributed by atoms with Crippen molar-refractivity contribution < 1.29 is 4.79 Å². The Morgan fingerprint density at radius 1 is 1.43 bits per heavy atom. The van der Waals surface area contributed by atoms with Gasteiger partial charge in [-0.3, -0.25) is 4.79 Å². The van der Waals surface area contributed by atoms with Crippen LogP contribution in [0.3, 0.4) is 0 Å². The minimum Gasteiger partial charge on any atom is -0.341 e. The Hall–Kier alpha value is -1.47. The number of fused-ring (bicyclic) bond motifs is 1. The molecule has 21 heavy (non-hydrogen) atoms. The van der Waals surface area contributed by atoms with E-state index in [1.54, 1.807) is 10.9 Å². The molecule has 7 nitrogen and oxygen atoms in total. The number of amides is 1. The Bertz CT molecular complexity index is 501. The van der Waals surface area contributed by atoms with Gasteiger partial charge >= 0.3 is 0 Å². The third kappa shape index (κ3) is 3.08. The minimum atomic E-state index is 0.134. The van der Waals surface area contributed by atoms with Crippen LogP contribution in [0.5, 0.6) is 0 Å². The Kier molecular flexibility index (Phi) is 4.21. The molecule has 3 rings (SSSR count). The van der Waals surface area contributed by atoms with Crippen molar-refractivity contribution in [2.45, 2.75) is 38.4 Å². The molecule has 2 aliphatic rings. The third-order valence-corrected chi connectivity index (χ3v) is 4.79. The lowest BCUT2D eigenvalue weighted by molar-refractivity contribution is -0.135. The highest BCUT2D eigenvalue weighted by molar-refractivity contribution is 5.76. The molecule has 0 aromatic carbocycles. The van der Waals surface area contributed by atoms with Gasteiger partial charge < -0.3 is 15.5 Å². The maximum absolute atomic E-state index is 12.4. The molecule has 2 N–H and O–H groups in total. The van der Waals surface area contributed by atoms with Crippen LogP contribution in [0.4, 0.5) is 0 Å². The monoisotopic (exact) mass is 292 g/mol. The predicted molar refractivity (Wildman–Crippen MR) is 78.3 cm³/mol. The number of carbonyl (C=O) groups is 1. The van der Waals surface area contributed by atoms with E-state index < -0.39 is 0 Å². The molecule has 0 radical (unpaired) electrons. The summed E-state index contributed by atoms with van der Waals surface area (Å²) in [6.07, 6.45) is 5.30. The van der Waals surface area contributed by atoms with E-state index >= 15 is 0 Å². The second-order valence-electron chi connectivity index (χ2n) is 6.19. The predicted octanol–water partition coefficient (Wildman–Crippen LogP) is -0.320. The SMILES string of the molecule is CN1CCCC2CN(C(=O)Cn3cc(CN)nn3)CCC21. The quantitative estimate of drug-likeness (QED) is 0.826. The zero-order valence-electron chi connectivity index (χ0n) is 12.6. The van der Waals surface area contributed by atoms with Crippen molar-refractivity contribution in [1.29, 1.82) is 0 Å². The number of rotatable bonds is 3. The second-order valence-corrected chi connectivity index (χ2v) is 6.19. The van der Waals surface area contributed by atoms with E-state index in [2.05, 4.69) is 22.3 Å². The largest absolute Gasteiger partial charge is 0.341 e. The average Bonchev–Trinajstić information content (AvgIpc) is 2.95. The van der Waals surface area contributed by atoms with Crippen molar-refractivity contribution in [1.82, 2.24) is 24.8 Å². The molecular weight excluding hydrogens is 268 g/mol. The van der Waals surface area contributed by atoms with Gasteiger partial charge in [-0.25, -0.2) is 4.68 Å². The van der Waals surface area contributed by atoms with Gasteiger partial charge in [-0.05, 0) is 38.8 Å². The summed E-state index contributed by atoms with van der Waals surface area (Å²) in [5.41, 5.74) is 6.23. The number of nitrogens with two attached hydrogens (primary N) is 1. The summed E-state index contributed by atoms with van der Waals surface area (Å²) < 4.78 is 1.59. The molecule has 0 saturated carbocycles. The Morgan fingerprint density at radius 2 is 2.29 bits per heavy atom. The zero-order valence-corrected chi connectivity index (χ0v) is 12.6.